The zero-order valence-corrected chi connectivity index (χ0v) is 62.3. The highest BCUT2D eigenvalue weighted by atomic mass is 16.6. The summed E-state index contributed by atoms with van der Waals surface area (Å²) in [5.74, 6) is 1.03. The van der Waals surface area contributed by atoms with E-state index in [2.05, 4.69) is 50.8 Å². The summed E-state index contributed by atoms with van der Waals surface area (Å²) in [6, 6.07) is 45.4. The minimum absolute atomic E-state index is 0.155. The number of esters is 4. The number of pyridine rings is 2. The van der Waals surface area contributed by atoms with Gasteiger partial charge >= 0.3 is 54.2 Å². The van der Waals surface area contributed by atoms with E-state index in [-0.39, 0.29) is 24.0 Å². The number of carbonyl (C=O) groups excluding carboxylic acids is 9. The van der Waals surface area contributed by atoms with Gasteiger partial charge in [-0.3, -0.25) is 29.3 Å². The minimum Gasteiger partial charge on any atom is -0.480 e. The van der Waals surface area contributed by atoms with Gasteiger partial charge in [0.15, 0.2) is 11.6 Å². The van der Waals surface area contributed by atoms with Gasteiger partial charge in [0.25, 0.3) is 0 Å². The predicted molar refractivity (Wildman–Crippen MR) is 397 cm³/mol. The molecule has 0 aliphatic heterocycles. The molecule has 4 amide bonds. The first kappa shape index (κ1) is 89.5. The van der Waals surface area contributed by atoms with Crippen molar-refractivity contribution in [2.45, 2.75) is 195 Å². The molecule has 0 fully saturated rings. The van der Waals surface area contributed by atoms with Crippen LogP contribution in [0.15, 0.2) is 180 Å². The molecule has 4 atom stereocenters. The van der Waals surface area contributed by atoms with E-state index in [1.807, 2.05) is 127 Å². The molecule has 4 aromatic carbocycles. The molecule has 0 radical (unpaired) electrons. The standard InChI is InChI=1S/C22H28N4O3.2C17H23NO5.C15H21NO4.C6H8N4/c1-22(2,3)29-21(28)26-17(13-12-16-9-5-4-6-10-16)19(27)15-25-20(23)18-11-7-8-14-24-18;2*1-12(19)22-15(20)14(18-16(21)23-17(2,3)4)11-10-13-8-6-5-7-9-13;1-15(2,3)20-14(19)16-12(13(17)18)10-9-11-7-5-4-6-8-11;7-6(10-8)5-3-1-2-4-9-5/h4-11,14,17H,12-13,15H2,1-3H3,(H2,23,25)(H,26,28);2*5-9,14H,10-11H2,1-4H3,(H,18,21);4-8,12H,9-10H2,1-3H3,(H,16,19)(H,17,18);1-4H,8H2,(H2,7,10)/t17-;2*14-;12-;/m1111./s1. The number of carboxylic acid groups (broad SMARTS) is 1. The van der Waals surface area contributed by atoms with Crippen LogP contribution in [0.25, 0.3) is 0 Å². The van der Waals surface area contributed by atoms with Crippen LogP contribution in [0.4, 0.5) is 19.2 Å². The van der Waals surface area contributed by atoms with Gasteiger partial charge in [-0.05, 0) is 181 Å². The molecule has 0 saturated heterocycles. The fourth-order valence-corrected chi connectivity index (χ4v) is 8.57. The number of nitrogens with two attached hydrogens (primary N) is 3. The van der Waals surface area contributed by atoms with Gasteiger partial charge < -0.3 is 72.1 Å². The molecule has 28 nitrogen and oxygen atoms in total. The Labute approximate surface area is 614 Å². The second-order valence-electron chi connectivity index (χ2n) is 27.2. The smallest absolute Gasteiger partial charge is 0.408 e. The monoisotopic (exact) mass is 1450 g/mol. The summed E-state index contributed by atoms with van der Waals surface area (Å²) in [5.41, 5.74) is 13.8. The number of aryl methyl sites for hydroxylation is 4. The fraction of sp³-hybridized carbons (Fsp3) is 0.403. The lowest BCUT2D eigenvalue weighted by Crippen LogP contribution is -2.44. The number of nitrogens with zero attached hydrogens (tertiary/aromatic N) is 4. The molecule has 6 rings (SSSR count). The Bertz CT molecular complexity index is 3610. The van der Waals surface area contributed by atoms with E-state index in [1.54, 1.807) is 126 Å². The van der Waals surface area contributed by atoms with Crippen LogP contribution in [0.3, 0.4) is 0 Å². The van der Waals surface area contributed by atoms with Gasteiger partial charge in [0.1, 0.15) is 64.3 Å². The normalized spacial score (nSPS) is 12.4. The second-order valence-corrected chi connectivity index (χ2v) is 27.2. The number of nitrogens with one attached hydrogen (secondary N) is 4. The Morgan fingerprint density at radius 1 is 0.400 bits per heavy atom. The summed E-state index contributed by atoms with van der Waals surface area (Å²) in [6.45, 7) is 22.9. The summed E-state index contributed by atoms with van der Waals surface area (Å²) in [7, 11) is 0. The van der Waals surface area contributed by atoms with Gasteiger partial charge in [0.2, 0.25) is 0 Å². The molecule has 0 saturated carbocycles. The topological polar surface area (TPSA) is 423 Å². The Hall–Kier alpha value is -11.6. The van der Waals surface area contributed by atoms with Crippen molar-refractivity contribution in [2.75, 3.05) is 6.54 Å². The second kappa shape index (κ2) is 46.1. The van der Waals surface area contributed by atoms with Crippen LogP contribution in [-0.2, 0) is 82.9 Å². The predicted octanol–water partition coefficient (Wildman–Crippen LogP) is 10.3. The molecule has 6 aromatic rings. The van der Waals surface area contributed by atoms with Crippen molar-refractivity contribution >= 4 is 71.7 Å². The molecular weight excluding hydrogens is 1350 g/mol. The number of ketones is 1. The van der Waals surface area contributed by atoms with E-state index in [1.165, 1.54) is 0 Å². The van der Waals surface area contributed by atoms with Crippen LogP contribution in [0.5, 0.6) is 0 Å². The third kappa shape index (κ3) is 43.7. The maximum atomic E-state index is 12.7. The number of rotatable bonds is 24. The average Bonchev–Trinajstić information content (AvgIpc) is 0.896. The van der Waals surface area contributed by atoms with E-state index in [9.17, 15) is 47.9 Å². The highest BCUT2D eigenvalue weighted by Gasteiger charge is 2.30. The number of benzene rings is 4. The van der Waals surface area contributed by atoms with Crippen LogP contribution < -0.4 is 38.6 Å². The molecule has 2 aromatic heterocycles. The van der Waals surface area contributed by atoms with E-state index in [4.69, 9.17) is 41.4 Å². The number of hydrogen-bond acceptors (Lipinski definition) is 21. The van der Waals surface area contributed by atoms with Gasteiger partial charge in [0.05, 0.1) is 6.04 Å². The van der Waals surface area contributed by atoms with Gasteiger partial charge in [-0.1, -0.05) is 133 Å². The molecule has 0 bridgehead atoms. The Balaban J connectivity index is 0.000000458. The number of amides is 4. The number of carboxylic acids is 1. The molecule has 0 aliphatic carbocycles. The summed E-state index contributed by atoms with van der Waals surface area (Å²) in [4.78, 5) is 129. The first-order valence-corrected chi connectivity index (χ1v) is 33.7. The van der Waals surface area contributed by atoms with Crippen LogP contribution in [0.1, 0.15) is 156 Å². The molecule has 11 N–H and O–H groups in total. The highest BCUT2D eigenvalue weighted by molar-refractivity contribution is 5.98. The molecule has 0 spiro atoms. The van der Waals surface area contributed by atoms with Crippen molar-refractivity contribution in [1.82, 2.24) is 31.2 Å². The molecule has 0 unspecified atom stereocenters. The van der Waals surface area contributed by atoms with Crippen molar-refractivity contribution < 1.29 is 81.5 Å². The number of hydrazone groups is 1. The van der Waals surface area contributed by atoms with E-state index in [0.29, 0.717) is 62.8 Å². The summed E-state index contributed by atoms with van der Waals surface area (Å²) < 4.78 is 29.8. The average molecular weight is 1450 g/mol. The first-order valence-electron chi connectivity index (χ1n) is 33.7. The number of aliphatic imine (C=N–C) groups is 1. The number of aromatic nitrogens is 2. The Morgan fingerprint density at radius 2 is 0.667 bits per heavy atom. The Morgan fingerprint density at radius 3 is 0.933 bits per heavy atom. The largest absolute Gasteiger partial charge is 0.480 e. The van der Waals surface area contributed by atoms with Crippen molar-refractivity contribution in [1.29, 1.82) is 0 Å². The van der Waals surface area contributed by atoms with Crippen LogP contribution >= 0.6 is 0 Å². The lowest BCUT2D eigenvalue weighted by Gasteiger charge is -2.23. The lowest BCUT2D eigenvalue weighted by atomic mass is 10.0. The molecule has 105 heavy (non-hydrogen) atoms. The first-order chi connectivity index (χ1) is 49.2. The summed E-state index contributed by atoms with van der Waals surface area (Å²) in [6.07, 6.45) is 4.10. The van der Waals surface area contributed by atoms with E-state index in [0.717, 1.165) is 36.1 Å². The van der Waals surface area contributed by atoms with Crippen LogP contribution in [-0.4, -0.2) is 140 Å². The number of Topliss-reactive ketones (excluding diaryl/α,β-unsaturated/α-hetero) is 1. The third-order valence-electron chi connectivity index (χ3n) is 13.2. The number of alkyl carbamates (subject to hydrolysis) is 4. The number of amidine groups is 2. The zero-order chi connectivity index (χ0) is 78.8. The summed E-state index contributed by atoms with van der Waals surface area (Å²) >= 11 is 0. The Kier molecular flexibility index (Phi) is 39.3. The van der Waals surface area contributed by atoms with Crippen molar-refractivity contribution in [3.05, 3.63) is 204 Å². The molecule has 28 heteroatoms. The maximum Gasteiger partial charge on any atom is 0.408 e. The maximum absolute atomic E-state index is 12.7. The molecule has 568 valence electrons. The van der Waals surface area contributed by atoms with Gasteiger partial charge in [-0.15, -0.1) is 0 Å². The van der Waals surface area contributed by atoms with E-state index >= 15 is 0 Å². The number of carbonyl (C=O) groups is 10. The lowest BCUT2D eigenvalue weighted by molar-refractivity contribution is -0.161. The summed E-state index contributed by atoms with van der Waals surface area (Å²) in [5, 5.41) is 22.4. The quantitative estimate of drug-likeness (QED) is 0.00531. The SMILES string of the molecule is CC(=O)OC(=O)[C@@H](CCc1ccccc1)NC(=O)OC(C)(C)C.CC(=O)OC(=O)[C@@H](CCc1ccccc1)NC(=O)OC(C)(C)C.CC(C)(C)OC(=O)N[C@H](CCc1ccccc1)C(=O)CN=C(N)c1ccccn1.CC(C)(C)OC(=O)N[C@H](CCc1ccccc1)C(=O)O.N/N=C(/N)c1ccccn1. The molecule has 0 aliphatic rings. The number of aliphatic carboxylic acids is 1. The van der Waals surface area contributed by atoms with Gasteiger partial charge in [-0.2, -0.15) is 5.10 Å². The van der Waals surface area contributed by atoms with Crippen molar-refractivity contribution in [3.8, 4) is 0 Å². The molecule has 2 heterocycles. The third-order valence-corrected chi connectivity index (χ3v) is 13.2. The van der Waals surface area contributed by atoms with Crippen molar-refractivity contribution in [2.24, 2.45) is 27.4 Å². The van der Waals surface area contributed by atoms with Gasteiger partial charge in [-0.25, -0.2) is 33.6 Å². The number of ether oxygens (including phenoxy) is 6. The van der Waals surface area contributed by atoms with Crippen LogP contribution in [0, 0.1) is 0 Å². The minimum atomic E-state index is -1.06. The highest BCUT2D eigenvalue weighted by Crippen LogP contribution is 2.15. The van der Waals surface area contributed by atoms with Crippen molar-refractivity contribution in [3.63, 3.8) is 0 Å². The van der Waals surface area contributed by atoms with Crippen LogP contribution in [0.2, 0.25) is 0 Å². The zero-order valence-electron chi connectivity index (χ0n) is 62.3. The number of hydrogen-bond donors (Lipinski definition) is 8. The fourth-order valence-electron chi connectivity index (χ4n) is 8.57. The van der Waals surface area contributed by atoms with E-state index < -0.39 is 101 Å². The van der Waals surface area contributed by atoms with Gasteiger partial charge in [0, 0.05) is 26.2 Å². The molecular formula is C77H103N11O17.